The number of rotatable bonds is 3. The number of halogens is 2. The molecule has 0 amide bonds. The van der Waals surface area contributed by atoms with E-state index < -0.39 is 0 Å². The van der Waals surface area contributed by atoms with E-state index in [0.717, 1.165) is 20.1 Å². The quantitative estimate of drug-likeness (QED) is 0.613. The zero-order valence-electron chi connectivity index (χ0n) is 10.8. The van der Waals surface area contributed by atoms with Crippen molar-refractivity contribution in [3.8, 4) is 0 Å². The van der Waals surface area contributed by atoms with Gasteiger partial charge in [-0.15, -0.1) is 0 Å². The summed E-state index contributed by atoms with van der Waals surface area (Å²) in [7, 11) is 0. The Balaban J connectivity index is 2.13. The number of nitrogen functional groups attached to an aromatic ring is 1. The minimum atomic E-state index is -0.379. The Labute approximate surface area is 134 Å². The lowest BCUT2D eigenvalue weighted by atomic mass is 10.1. The molecule has 0 saturated carbocycles. The Bertz CT molecular complexity index is 656. The number of hydrogen-bond acceptors (Lipinski definition) is 3. The summed E-state index contributed by atoms with van der Waals surface area (Å²) in [6.07, 6.45) is 0. The summed E-state index contributed by atoms with van der Waals surface area (Å²) in [4.78, 5) is 12.1. The highest BCUT2D eigenvalue weighted by molar-refractivity contribution is 9.10. The Morgan fingerprint density at radius 1 is 1.20 bits per heavy atom. The lowest BCUT2D eigenvalue weighted by Gasteiger charge is -2.10. The minimum Gasteiger partial charge on any atom is -0.457 e. The van der Waals surface area contributed by atoms with E-state index in [9.17, 15) is 4.79 Å². The molecular weight excluding hydrogens is 386 g/mol. The van der Waals surface area contributed by atoms with E-state index in [1.54, 1.807) is 19.1 Å². The molecule has 2 aromatic carbocycles. The zero-order chi connectivity index (χ0) is 14.7. The van der Waals surface area contributed by atoms with Crippen molar-refractivity contribution in [2.45, 2.75) is 13.5 Å². The fourth-order valence-electron chi connectivity index (χ4n) is 1.77. The lowest BCUT2D eigenvalue weighted by Crippen LogP contribution is -2.08. The molecular formula is C15H13Br2NO2. The Morgan fingerprint density at radius 2 is 1.95 bits per heavy atom. The molecule has 2 aromatic rings. The van der Waals surface area contributed by atoms with Gasteiger partial charge >= 0.3 is 5.97 Å². The fourth-order valence-corrected chi connectivity index (χ4v) is 2.69. The standard InChI is InChI=1S/C15H13Br2NO2/c1-9-13(6-12(17)7-14(9)18)15(19)20-8-10-3-2-4-11(16)5-10/h2-7H,8,18H2,1H3. The molecule has 2 N–H and O–H groups in total. The van der Waals surface area contributed by atoms with Crippen molar-refractivity contribution >= 4 is 43.5 Å². The van der Waals surface area contributed by atoms with Gasteiger partial charge in [0, 0.05) is 14.6 Å². The van der Waals surface area contributed by atoms with Crippen LogP contribution in [-0.4, -0.2) is 5.97 Å². The summed E-state index contributed by atoms with van der Waals surface area (Å²) < 4.78 is 7.04. The Morgan fingerprint density at radius 3 is 2.65 bits per heavy atom. The molecule has 0 unspecified atom stereocenters. The van der Waals surface area contributed by atoms with Gasteiger partial charge in [-0.2, -0.15) is 0 Å². The predicted molar refractivity (Wildman–Crippen MR) is 86.6 cm³/mol. The molecule has 0 radical (unpaired) electrons. The van der Waals surface area contributed by atoms with Crippen LogP contribution < -0.4 is 5.73 Å². The molecule has 20 heavy (non-hydrogen) atoms. The highest BCUT2D eigenvalue weighted by atomic mass is 79.9. The monoisotopic (exact) mass is 397 g/mol. The summed E-state index contributed by atoms with van der Waals surface area (Å²) >= 11 is 6.71. The van der Waals surface area contributed by atoms with Crippen LogP contribution in [0, 0.1) is 6.92 Å². The number of esters is 1. The Hall–Kier alpha value is -1.33. The highest BCUT2D eigenvalue weighted by Crippen LogP contribution is 2.23. The number of ether oxygens (including phenoxy) is 1. The van der Waals surface area contributed by atoms with Gasteiger partial charge in [0.1, 0.15) is 6.61 Å². The average Bonchev–Trinajstić information content (AvgIpc) is 2.40. The van der Waals surface area contributed by atoms with E-state index in [1.807, 2.05) is 24.3 Å². The average molecular weight is 399 g/mol. The van der Waals surface area contributed by atoms with Crippen LogP contribution in [0.4, 0.5) is 5.69 Å². The number of carbonyl (C=O) groups excluding carboxylic acids is 1. The first-order valence-electron chi connectivity index (χ1n) is 5.94. The van der Waals surface area contributed by atoms with Crippen LogP contribution >= 0.6 is 31.9 Å². The van der Waals surface area contributed by atoms with Crippen LogP contribution in [-0.2, 0) is 11.3 Å². The van der Waals surface area contributed by atoms with Crippen LogP contribution in [0.5, 0.6) is 0 Å². The van der Waals surface area contributed by atoms with Crippen molar-refractivity contribution in [1.82, 2.24) is 0 Å². The lowest BCUT2D eigenvalue weighted by molar-refractivity contribution is 0.0472. The molecule has 0 atom stereocenters. The molecule has 104 valence electrons. The predicted octanol–water partition coefficient (Wildman–Crippen LogP) is 4.46. The first kappa shape index (κ1) is 15.1. The SMILES string of the molecule is Cc1c(N)cc(Br)cc1C(=O)OCc1cccc(Br)c1. The molecule has 5 heteroatoms. The van der Waals surface area contributed by atoms with Crippen molar-refractivity contribution in [2.75, 3.05) is 5.73 Å². The van der Waals surface area contributed by atoms with Crippen LogP contribution in [0.1, 0.15) is 21.5 Å². The molecule has 0 saturated heterocycles. The first-order valence-corrected chi connectivity index (χ1v) is 7.53. The molecule has 3 nitrogen and oxygen atoms in total. The molecule has 0 heterocycles. The number of benzene rings is 2. The van der Waals surface area contributed by atoms with E-state index >= 15 is 0 Å². The number of anilines is 1. The van der Waals surface area contributed by atoms with Crippen LogP contribution in [0.15, 0.2) is 45.3 Å². The fraction of sp³-hybridized carbons (Fsp3) is 0.133. The number of nitrogens with two attached hydrogens (primary N) is 1. The van der Waals surface area contributed by atoms with Gasteiger partial charge in [-0.1, -0.05) is 44.0 Å². The number of carbonyl (C=O) groups is 1. The minimum absolute atomic E-state index is 0.226. The van der Waals surface area contributed by atoms with Gasteiger partial charge < -0.3 is 10.5 Å². The highest BCUT2D eigenvalue weighted by Gasteiger charge is 2.13. The van der Waals surface area contributed by atoms with Gasteiger partial charge in [0.2, 0.25) is 0 Å². The smallest absolute Gasteiger partial charge is 0.338 e. The molecule has 0 fully saturated rings. The van der Waals surface area contributed by atoms with Crippen molar-refractivity contribution in [1.29, 1.82) is 0 Å². The van der Waals surface area contributed by atoms with Gasteiger partial charge in [-0.05, 0) is 42.3 Å². The summed E-state index contributed by atoms with van der Waals surface area (Å²) in [5.41, 5.74) is 8.54. The van der Waals surface area contributed by atoms with Crippen LogP contribution in [0.25, 0.3) is 0 Å². The van der Waals surface area contributed by atoms with Crippen molar-refractivity contribution in [3.63, 3.8) is 0 Å². The largest absolute Gasteiger partial charge is 0.457 e. The van der Waals surface area contributed by atoms with Crippen molar-refractivity contribution in [3.05, 3.63) is 62.0 Å². The first-order chi connectivity index (χ1) is 9.47. The summed E-state index contributed by atoms with van der Waals surface area (Å²) in [5.74, 6) is -0.379. The third-order valence-electron chi connectivity index (χ3n) is 2.89. The van der Waals surface area contributed by atoms with E-state index in [4.69, 9.17) is 10.5 Å². The summed E-state index contributed by atoms with van der Waals surface area (Å²) in [6, 6.07) is 11.1. The molecule has 0 aliphatic heterocycles. The van der Waals surface area contributed by atoms with E-state index in [-0.39, 0.29) is 12.6 Å². The summed E-state index contributed by atoms with van der Waals surface area (Å²) in [5, 5.41) is 0. The second kappa shape index (κ2) is 6.41. The third kappa shape index (κ3) is 3.61. The molecule has 0 bridgehead atoms. The van der Waals surface area contributed by atoms with Crippen molar-refractivity contribution < 1.29 is 9.53 Å². The second-order valence-corrected chi connectivity index (χ2v) is 6.20. The maximum absolute atomic E-state index is 12.1. The third-order valence-corrected chi connectivity index (χ3v) is 3.84. The van der Waals surface area contributed by atoms with Crippen LogP contribution in [0.3, 0.4) is 0 Å². The second-order valence-electron chi connectivity index (χ2n) is 4.37. The van der Waals surface area contributed by atoms with Gasteiger partial charge in [-0.3, -0.25) is 0 Å². The number of hydrogen-bond donors (Lipinski definition) is 1. The van der Waals surface area contributed by atoms with Gasteiger partial charge in [0.25, 0.3) is 0 Å². The molecule has 0 aliphatic rings. The molecule has 0 aliphatic carbocycles. The maximum Gasteiger partial charge on any atom is 0.338 e. The normalized spacial score (nSPS) is 10.3. The Kier molecular flexibility index (Phi) is 4.83. The summed E-state index contributed by atoms with van der Waals surface area (Å²) in [6.45, 7) is 2.03. The molecule has 0 spiro atoms. The van der Waals surface area contributed by atoms with E-state index in [1.165, 1.54) is 0 Å². The molecule has 2 rings (SSSR count). The maximum atomic E-state index is 12.1. The molecule has 0 aromatic heterocycles. The van der Waals surface area contributed by atoms with Gasteiger partial charge in [0.05, 0.1) is 5.56 Å². The van der Waals surface area contributed by atoms with E-state index in [0.29, 0.717) is 11.3 Å². The van der Waals surface area contributed by atoms with Gasteiger partial charge in [0.15, 0.2) is 0 Å². The van der Waals surface area contributed by atoms with Crippen molar-refractivity contribution in [2.24, 2.45) is 0 Å². The van der Waals surface area contributed by atoms with Gasteiger partial charge in [-0.25, -0.2) is 4.79 Å². The topological polar surface area (TPSA) is 52.3 Å². The van der Waals surface area contributed by atoms with E-state index in [2.05, 4.69) is 31.9 Å². The zero-order valence-corrected chi connectivity index (χ0v) is 14.0. The van der Waals surface area contributed by atoms with Crippen LogP contribution in [0.2, 0.25) is 0 Å².